The first-order chi connectivity index (χ1) is 7.68. The SMILES string of the molecule is O=S(=O)(NC1CCCNCC1)c1cnc[nH]1. The minimum absolute atomic E-state index is 0.0169. The first-order valence-electron chi connectivity index (χ1n) is 5.40. The number of sulfonamides is 1. The van der Waals surface area contributed by atoms with Crippen LogP contribution in [0.3, 0.4) is 0 Å². The van der Waals surface area contributed by atoms with E-state index in [2.05, 4.69) is 20.0 Å². The summed E-state index contributed by atoms with van der Waals surface area (Å²) in [7, 11) is -3.43. The van der Waals surface area contributed by atoms with E-state index in [-0.39, 0.29) is 11.1 Å². The van der Waals surface area contributed by atoms with Gasteiger partial charge in [0.15, 0.2) is 5.03 Å². The Morgan fingerprint density at radius 1 is 1.38 bits per heavy atom. The molecule has 1 aromatic rings. The van der Waals surface area contributed by atoms with E-state index in [0.29, 0.717) is 0 Å². The molecule has 0 spiro atoms. The average molecular weight is 244 g/mol. The highest BCUT2D eigenvalue weighted by atomic mass is 32.2. The standard InChI is InChI=1S/C9H16N4O2S/c14-16(15,9-6-11-7-12-9)13-8-2-1-4-10-5-3-8/h6-8,10,13H,1-5H2,(H,11,12). The molecule has 0 radical (unpaired) electrons. The van der Waals surface area contributed by atoms with E-state index in [9.17, 15) is 8.42 Å². The van der Waals surface area contributed by atoms with E-state index in [0.717, 1.165) is 32.4 Å². The van der Waals surface area contributed by atoms with Gasteiger partial charge in [0.2, 0.25) is 0 Å². The summed E-state index contributed by atoms with van der Waals surface area (Å²) in [5.74, 6) is 0. The second-order valence-electron chi connectivity index (χ2n) is 3.91. The predicted molar refractivity (Wildman–Crippen MR) is 59.4 cm³/mol. The van der Waals surface area contributed by atoms with E-state index in [1.807, 2.05) is 0 Å². The van der Waals surface area contributed by atoms with Crippen LogP contribution < -0.4 is 10.0 Å². The molecule has 1 aliphatic rings. The Kier molecular flexibility index (Phi) is 3.57. The quantitative estimate of drug-likeness (QED) is 0.689. The molecule has 1 aliphatic heterocycles. The Balaban J connectivity index is 2.03. The number of aromatic amines is 1. The van der Waals surface area contributed by atoms with Crippen LogP contribution in [-0.2, 0) is 10.0 Å². The van der Waals surface area contributed by atoms with E-state index in [1.165, 1.54) is 12.5 Å². The summed E-state index contributed by atoms with van der Waals surface area (Å²) in [5.41, 5.74) is 0. The van der Waals surface area contributed by atoms with Gasteiger partial charge in [0.1, 0.15) is 0 Å². The fraction of sp³-hybridized carbons (Fsp3) is 0.667. The van der Waals surface area contributed by atoms with Gasteiger partial charge in [-0.15, -0.1) is 0 Å². The summed E-state index contributed by atoms with van der Waals surface area (Å²) in [6, 6.07) is 0.0169. The largest absolute Gasteiger partial charge is 0.335 e. The number of rotatable bonds is 3. The third-order valence-corrected chi connectivity index (χ3v) is 4.11. The molecular weight excluding hydrogens is 228 g/mol. The highest BCUT2D eigenvalue weighted by molar-refractivity contribution is 7.89. The van der Waals surface area contributed by atoms with Crippen molar-refractivity contribution >= 4 is 10.0 Å². The maximum Gasteiger partial charge on any atom is 0.257 e. The smallest absolute Gasteiger partial charge is 0.257 e. The van der Waals surface area contributed by atoms with Crippen molar-refractivity contribution in [3.05, 3.63) is 12.5 Å². The van der Waals surface area contributed by atoms with Gasteiger partial charge in [-0.05, 0) is 32.4 Å². The van der Waals surface area contributed by atoms with Crippen molar-refractivity contribution < 1.29 is 8.42 Å². The Morgan fingerprint density at radius 3 is 3.00 bits per heavy atom. The van der Waals surface area contributed by atoms with Crippen LogP contribution in [0.1, 0.15) is 19.3 Å². The van der Waals surface area contributed by atoms with Gasteiger partial charge in [-0.25, -0.2) is 18.1 Å². The molecule has 7 heteroatoms. The summed E-state index contributed by atoms with van der Waals surface area (Å²) in [6.07, 6.45) is 5.38. The van der Waals surface area contributed by atoms with Crippen LogP contribution in [-0.4, -0.2) is 37.5 Å². The van der Waals surface area contributed by atoms with Crippen LogP contribution in [0.2, 0.25) is 0 Å². The summed E-state index contributed by atoms with van der Waals surface area (Å²) < 4.78 is 26.4. The molecule has 3 N–H and O–H groups in total. The zero-order valence-electron chi connectivity index (χ0n) is 8.94. The van der Waals surface area contributed by atoms with E-state index in [4.69, 9.17) is 0 Å². The molecule has 1 aromatic heterocycles. The Morgan fingerprint density at radius 2 is 2.25 bits per heavy atom. The van der Waals surface area contributed by atoms with Crippen LogP contribution in [0.15, 0.2) is 17.6 Å². The van der Waals surface area contributed by atoms with Crippen molar-refractivity contribution in [2.75, 3.05) is 13.1 Å². The fourth-order valence-electron chi connectivity index (χ4n) is 1.81. The van der Waals surface area contributed by atoms with Crippen molar-refractivity contribution in [2.45, 2.75) is 30.3 Å². The molecule has 90 valence electrons. The number of nitrogens with one attached hydrogen (secondary N) is 3. The third kappa shape index (κ3) is 2.81. The zero-order valence-corrected chi connectivity index (χ0v) is 9.76. The molecule has 0 saturated carbocycles. The zero-order chi connectivity index (χ0) is 11.4. The van der Waals surface area contributed by atoms with Crippen molar-refractivity contribution in [3.8, 4) is 0 Å². The van der Waals surface area contributed by atoms with Crippen molar-refractivity contribution in [2.24, 2.45) is 0 Å². The van der Waals surface area contributed by atoms with Gasteiger partial charge in [0, 0.05) is 6.04 Å². The Labute approximate surface area is 94.9 Å². The molecule has 1 saturated heterocycles. The second kappa shape index (κ2) is 4.94. The molecule has 0 aromatic carbocycles. The Bertz CT molecular complexity index is 407. The second-order valence-corrected chi connectivity index (χ2v) is 5.60. The fourth-order valence-corrected chi connectivity index (χ4v) is 3.02. The molecule has 0 amide bonds. The van der Waals surface area contributed by atoms with Crippen LogP contribution in [0.4, 0.5) is 0 Å². The van der Waals surface area contributed by atoms with Crippen LogP contribution >= 0.6 is 0 Å². The number of nitrogens with zero attached hydrogens (tertiary/aromatic N) is 1. The first kappa shape index (κ1) is 11.6. The highest BCUT2D eigenvalue weighted by Crippen LogP contribution is 2.10. The van der Waals surface area contributed by atoms with E-state index >= 15 is 0 Å². The molecule has 1 atom stereocenters. The van der Waals surface area contributed by atoms with Gasteiger partial charge in [-0.1, -0.05) is 0 Å². The monoisotopic (exact) mass is 244 g/mol. The Hall–Kier alpha value is -0.920. The van der Waals surface area contributed by atoms with Crippen LogP contribution in [0.25, 0.3) is 0 Å². The van der Waals surface area contributed by atoms with Crippen molar-refractivity contribution in [3.63, 3.8) is 0 Å². The number of H-pyrrole nitrogens is 1. The van der Waals surface area contributed by atoms with Crippen molar-refractivity contribution in [1.82, 2.24) is 20.0 Å². The maximum absolute atomic E-state index is 11.9. The lowest BCUT2D eigenvalue weighted by Crippen LogP contribution is -2.35. The van der Waals surface area contributed by atoms with E-state index < -0.39 is 10.0 Å². The molecule has 2 rings (SSSR count). The van der Waals surface area contributed by atoms with Crippen LogP contribution in [0.5, 0.6) is 0 Å². The lowest BCUT2D eigenvalue weighted by atomic mass is 10.1. The topological polar surface area (TPSA) is 86.9 Å². The number of imidazole rings is 1. The molecule has 16 heavy (non-hydrogen) atoms. The summed E-state index contributed by atoms with van der Waals surface area (Å²) in [4.78, 5) is 6.32. The lowest BCUT2D eigenvalue weighted by Gasteiger charge is -2.14. The summed E-state index contributed by atoms with van der Waals surface area (Å²) in [6.45, 7) is 1.82. The van der Waals surface area contributed by atoms with Gasteiger partial charge in [-0.2, -0.15) is 0 Å². The lowest BCUT2D eigenvalue weighted by molar-refractivity contribution is 0.516. The minimum Gasteiger partial charge on any atom is -0.335 e. The molecule has 6 nitrogen and oxygen atoms in total. The van der Waals surface area contributed by atoms with Gasteiger partial charge in [0.05, 0.1) is 12.5 Å². The van der Waals surface area contributed by atoms with Gasteiger partial charge in [0.25, 0.3) is 10.0 Å². The summed E-state index contributed by atoms with van der Waals surface area (Å²) >= 11 is 0. The molecule has 0 bridgehead atoms. The minimum atomic E-state index is -3.43. The molecule has 2 heterocycles. The summed E-state index contributed by atoms with van der Waals surface area (Å²) in [5, 5.41) is 3.37. The molecule has 1 fully saturated rings. The molecular formula is C9H16N4O2S. The molecule has 1 unspecified atom stereocenters. The predicted octanol–water partition coefficient (Wildman–Crippen LogP) is -0.170. The molecule has 0 aliphatic carbocycles. The number of hydrogen-bond donors (Lipinski definition) is 3. The van der Waals surface area contributed by atoms with Gasteiger partial charge < -0.3 is 10.3 Å². The number of aromatic nitrogens is 2. The first-order valence-corrected chi connectivity index (χ1v) is 6.88. The third-order valence-electron chi connectivity index (χ3n) is 2.66. The van der Waals surface area contributed by atoms with Gasteiger partial charge >= 0.3 is 0 Å². The average Bonchev–Trinajstić information content (AvgIpc) is 2.67. The van der Waals surface area contributed by atoms with E-state index in [1.54, 1.807) is 0 Å². The highest BCUT2D eigenvalue weighted by Gasteiger charge is 2.21. The normalized spacial score (nSPS) is 22.9. The maximum atomic E-state index is 11.9. The number of hydrogen-bond acceptors (Lipinski definition) is 4. The van der Waals surface area contributed by atoms with Gasteiger partial charge in [-0.3, -0.25) is 0 Å². The van der Waals surface area contributed by atoms with Crippen molar-refractivity contribution in [1.29, 1.82) is 0 Å². The van der Waals surface area contributed by atoms with Crippen LogP contribution in [0, 0.1) is 0 Å².